The van der Waals surface area contributed by atoms with Crippen molar-refractivity contribution in [3.63, 3.8) is 0 Å². The molecule has 2 N–H and O–H groups in total. The summed E-state index contributed by atoms with van der Waals surface area (Å²) in [6, 6.07) is 22.3. The van der Waals surface area contributed by atoms with E-state index in [0.717, 1.165) is 24.2 Å². The highest BCUT2D eigenvalue weighted by Crippen LogP contribution is 2.30. The maximum Gasteiger partial charge on any atom is 0.256 e. The van der Waals surface area contributed by atoms with Gasteiger partial charge in [-0.25, -0.2) is 9.67 Å². The topological polar surface area (TPSA) is 102 Å². The predicted molar refractivity (Wildman–Crippen MR) is 137 cm³/mol. The molecule has 5 aromatic rings. The average Bonchev–Trinajstić information content (AvgIpc) is 3.50. The molecular formula is C28H23N5O3. The molecule has 0 spiro atoms. The Balaban J connectivity index is 1.32. The fourth-order valence-corrected chi connectivity index (χ4v) is 4.08. The van der Waals surface area contributed by atoms with Crippen LogP contribution >= 0.6 is 0 Å². The first-order chi connectivity index (χ1) is 17.6. The highest BCUT2D eigenvalue weighted by atomic mass is 16.3. The van der Waals surface area contributed by atoms with E-state index in [0.29, 0.717) is 40.2 Å². The van der Waals surface area contributed by atoms with Crippen LogP contribution in [0.15, 0.2) is 89.7 Å². The molecule has 1 aliphatic rings. The molecule has 3 aromatic heterocycles. The summed E-state index contributed by atoms with van der Waals surface area (Å²) >= 11 is 0. The smallest absolute Gasteiger partial charge is 0.256 e. The molecule has 0 atom stereocenters. The van der Waals surface area contributed by atoms with E-state index in [1.165, 1.54) is 0 Å². The maximum atomic E-state index is 13.4. The van der Waals surface area contributed by atoms with E-state index < -0.39 is 0 Å². The molecule has 1 saturated carbocycles. The molecule has 0 radical (unpaired) electrons. The molecule has 3 heterocycles. The molecule has 1 fully saturated rings. The summed E-state index contributed by atoms with van der Waals surface area (Å²) in [5, 5.41) is 11.0. The zero-order valence-corrected chi connectivity index (χ0v) is 19.3. The molecule has 2 amide bonds. The van der Waals surface area contributed by atoms with Gasteiger partial charge in [-0.2, -0.15) is 5.10 Å². The number of aromatic nitrogens is 3. The summed E-state index contributed by atoms with van der Waals surface area (Å²) in [5.41, 5.74) is 3.97. The third-order valence-electron chi connectivity index (χ3n) is 6.17. The van der Waals surface area contributed by atoms with Gasteiger partial charge in [0.1, 0.15) is 12.3 Å². The van der Waals surface area contributed by atoms with E-state index in [9.17, 15) is 9.59 Å². The summed E-state index contributed by atoms with van der Waals surface area (Å²) in [7, 11) is 0. The maximum absolute atomic E-state index is 13.4. The van der Waals surface area contributed by atoms with Crippen molar-refractivity contribution in [2.75, 3.05) is 10.6 Å². The Hall–Kier alpha value is -4.72. The summed E-state index contributed by atoms with van der Waals surface area (Å²) in [6.07, 6.45) is 5.17. The summed E-state index contributed by atoms with van der Waals surface area (Å²) in [6.45, 7) is 0.400. The van der Waals surface area contributed by atoms with E-state index in [1.807, 2.05) is 42.5 Å². The Morgan fingerprint density at radius 2 is 1.69 bits per heavy atom. The van der Waals surface area contributed by atoms with Crippen LogP contribution in [0.2, 0.25) is 0 Å². The van der Waals surface area contributed by atoms with Crippen molar-refractivity contribution < 1.29 is 14.0 Å². The van der Waals surface area contributed by atoms with Gasteiger partial charge in [0.15, 0.2) is 5.65 Å². The van der Waals surface area contributed by atoms with Gasteiger partial charge in [0, 0.05) is 22.9 Å². The largest absolute Gasteiger partial charge is 0.467 e. The van der Waals surface area contributed by atoms with Crippen LogP contribution in [-0.2, 0) is 11.3 Å². The predicted octanol–water partition coefficient (Wildman–Crippen LogP) is 5.34. The number of fused-ring (bicyclic) bond motifs is 1. The number of anilines is 2. The molecular weight excluding hydrogens is 454 g/mol. The second-order valence-corrected chi connectivity index (χ2v) is 8.83. The Bertz CT molecular complexity index is 1540. The fraction of sp³-hybridized carbons (Fsp3) is 0.143. The molecule has 36 heavy (non-hydrogen) atoms. The van der Waals surface area contributed by atoms with Gasteiger partial charge in [-0.3, -0.25) is 9.59 Å². The highest BCUT2D eigenvalue weighted by Gasteiger charge is 2.29. The van der Waals surface area contributed by atoms with E-state index in [4.69, 9.17) is 9.40 Å². The van der Waals surface area contributed by atoms with Crippen LogP contribution in [0.3, 0.4) is 0 Å². The van der Waals surface area contributed by atoms with Crippen LogP contribution in [-0.4, -0.2) is 26.6 Å². The minimum atomic E-state index is -0.271. The van der Waals surface area contributed by atoms with Gasteiger partial charge in [0.05, 0.1) is 29.1 Å². The monoisotopic (exact) mass is 477 g/mol. The lowest BCUT2D eigenvalue weighted by atomic mass is 10.1. The number of pyridine rings is 1. The molecule has 2 aromatic carbocycles. The number of carbonyl (C=O) groups excluding carboxylic acids is 2. The van der Waals surface area contributed by atoms with Crippen molar-refractivity contribution in [3.8, 4) is 11.3 Å². The lowest BCUT2D eigenvalue weighted by Crippen LogP contribution is -2.14. The van der Waals surface area contributed by atoms with Gasteiger partial charge in [0.25, 0.3) is 5.91 Å². The number of carbonyl (C=O) groups is 2. The summed E-state index contributed by atoms with van der Waals surface area (Å²) in [5.74, 6) is 0.649. The number of furan rings is 1. The van der Waals surface area contributed by atoms with Crippen molar-refractivity contribution in [1.29, 1.82) is 0 Å². The van der Waals surface area contributed by atoms with E-state index in [1.54, 1.807) is 47.5 Å². The fourth-order valence-electron chi connectivity index (χ4n) is 4.08. The molecule has 0 aliphatic heterocycles. The Labute approximate surface area is 207 Å². The van der Waals surface area contributed by atoms with Crippen LogP contribution in [0, 0.1) is 5.92 Å². The minimum Gasteiger partial charge on any atom is -0.467 e. The second kappa shape index (κ2) is 9.14. The van der Waals surface area contributed by atoms with Gasteiger partial charge < -0.3 is 15.1 Å². The zero-order chi connectivity index (χ0) is 24.5. The zero-order valence-electron chi connectivity index (χ0n) is 19.3. The second-order valence-electron chi connectivity index (χ2n) is 8.83. The molecule has 0 saturated heterocycles. The van der Waals surface area contributed by atoms with Gasteiger partial charge in [-0.15, -0.1) is 0 Å². The van der Waals surface area contributed by atoms with Crippen LogP contribution in [0.25, 0.3) is 22.3 Å². The third kappa shape index (κ3) is 4.48. The minimum absolute atomic E-state index is 0.0472. The molecule has 8 heteroatoms. The number of benzene rings is 2. The summed E-state index contributed by atoms with van der Waals surface area (Å²) in [4.78, 5) is 30.3. The highest BCUT2D eigenvalue weighted by molar-refractivity contribution is 6.12. The first-order valence-electron chi connectivity index (χ1n) is 11.8. The van der Waals surface area contributed by atoms with Gasteiger partial charge in [0.2, 0.25) is 5.91 Å². The van der Waals surface area contributed by atoms with Crippen molar-refractivity contribution in [2.45, 2.75) is 19.4 Å². The Kier molecular flexibility index (Phi) is 5.53. The van der Waals surface area contributed by atoms with Crippen LogP contribution in [0.4, 0.5) is 11.4 Å². The molecule has 0 unspecified atom stereocenters. The van der Waals surface area contributed by atoms with E-state index in [2.05, 4.69) is 15.7 Å². The van der Waals surface area contributed by atoms with Crippen molar-refractivity contribution in [1.82, 2.24) is 14.8 Å². The number of amides is 2. The number of nitrogens with one attached hydrogen (secondary N) is 2. The SMILES string of the molecule is O=C(Nc1ccc(NC(=O)C2CC2)cc1)c1cc(-c2ccccc2)nc2c1cnn2Cc1ccco1. The van der Waals surface area contributed by atoms with Crippen molar-refractivity contribution in [2.24, 2.45) is 5.92 Å². The first kappa shape index (κ1) is 21.8. The molecule has 8 nitrogen and oxygen atoms in total. The van der Waals surface area contributed by atoms with Gasteiger partial charge in [-0.1, -0.05) is 30.3 Å². The lowest BCUT2D eigenvalue weighted by Gasteiger charge is -2.10. The number of nitrogens with zero attached hydrogens (tertiary/aromatic N) is 3. The lowest BCUT2D eigenvalue weighted by molar-refractivity contribution is -0.117. The number of rotatable bonds is 7. The molecule has 0 bridgehead atoms. The molecule has 178 valence electrons. The van der Waals surface area contributed by atoms with Crippen molar-refractivity contribution in [3.05, 3.63) is 96.6 Å². The Morgan fingerprint density at radius 1 is 0.944 bits per heavy atom. The van der Waals surface area contributed by atoms with Crippen LogP contribution in [0.1, 0.15) is 29.0 Å². The Morgan fingerprint density at radius 3 is 2.39 bits per heavy atom. The van der Waals surface area contributed by atoms with E-state index in [-0.39, 0.29) is 17.7 Å². The van der Waals surface area contributed by atoms with Gasteiger partial charge >= 0.3 is 0 Å². The quantitative estimate of drug-likeness (QED) is 0.329. The molecule has 6 rings (SSSR count). The van der Waals surface area contributed by atoms with Crippen molar-refractivity contribution >= 4 is 34.2 Å². The average molecular weight is 478 g/mol. The first-order valence-corrected chi connectivity index (χ1v) is 11.8. The standard InChI is InChI=1S/C28H23N5O3/c34-27(19-8-9-19)30-20-10-12-21(13-11-20)31-28(35)23-15-25(18-5-2-1-3-6-18)32-26-24(23)16-29-33(26)17-22-7-4-14-36-22/h1-7,10-16,19H,8-9,17H2,(H,30,34)(H,31,35). The normalized spacial score (nSPS) is 13.0. The molecule has 1 aliphatic carbocycles. The number of hydrogen-bond donors (Lipinski definition) is 2. The number of hydrogen-bond acceptors (Lipinski definition) is 5. The van der Waals surface area contributed by atoms with Crippen LogP contribution in [0.5, 0.6) is 0 Å². The van der Waals surface area contributed by atoms with E-state index >= 15 is 0 Å². The third-order valence-corrected chi connectivity index (χ3v) is 6.17. The summed E-state index contributed by atoms with van der Waals surface area (Å²) < 4.78 is 7.21. The van der Waals surface area contributed by atoms with Crippen LogP contribution < -0.4 is 10.6 Å². The van der Waals surface area contributed by atoms with Gasteiger partial charge in [-0.05, 0) is 55.3 Å².